The van der Waals surface area contributed by atoms with Crippen LogP contribution >= 0.6 is 11.6 Å². The fourth-order valence-corrected chi connectivity index (χ4v) is 2.43. The Balaban J connectivity index is 2.07. The maximum atomic E-state index is 12.4. The minimum atomic E-state index is -0.234. The second kappa shape index (κ2) is 7.38. The molecular weight excluding hydrogens is 312 g/mol. The molecule has 5 heteroatoms. The summed E-state index contributed by atoms with van der Waals surface area (Å²) in [5.41, 5.74) is 8.89. The fraction of sp³-hybridized carbons (Fsp3) is 0.278. The van der Waals surface area contributed by atoms with E-state index in [9.17, 15) is 4.79 Å². The van der Waals surface area contributed by atoms with Gasteiger partial charge in [0.2, 0.25) is 0 Å². The molecular formula is C18H21ClN2O2. The molecule has 1 amide bonds. The number of anilines is 1. The largest absolute Gasteiger partial charge is 0.496 e. The van der Waals surface area contributed by atoms with Crippen molar-refractivity contribution in [2.75, 3.05) is 19.4 Å². The van der Waals surface area contributed by atoms with Crippen molar-refractivity contribution in [3.05, 3.63) is 58.1 Å². The number of aryl methyl sites for hydroxylation is 1. The molecule has 0 saturated heterocycles. The molecule has 0 aliphatic carbocycles. The van der Waals surface area contributed by atoms with E-state index in [1.54, 1.807) is 6.07 Å². The summed E-state index contributed by atoms with van der Waals surface area (Å²) < 4.78 is 5.21. The van der Waals surface area contributed by atoms with Gasteiger partial charge in [-0.25, -0.2) is 0 Å². The van der Waals surface area contributed by atoms with E-state index < -0.39 is 0 Å². The van der Waals surface area contributed by atoms with E-state index in [2.05, 4.69) is 36.5 Å². The maximum absolute atomic E-state index is 12.4. The molecule has 0 spiro atoms. The molecule has 2 aromatic rings. The highest BCUT2D eigenvalue weighted by atomic mass is 35.5. The molecule has 0 aliphatic rings. The quantitative estimate of drug-likeness (QED) is 0.819. The van der Waals surface area contributed by atoms with Gasteiger partial charge >= 0.3 is 0 Å². The lowest BCUT2D eigenvalue weighted by Gasteiger charge is -2.15. The highest BCUT2D eigenvalue weighted by Crippen LogP contribution is 2.28. The van der Waals surface area contributed by atoms with Gasteiger partial charge in [0.05, 0.1) is 23.4 Å². The first kappa shape index (κ1) is 17.2. The third kappa shape index (κ3) is 4.17. The average molecular weight is 333 g/mol. The van der Waals surface area contributed by atoms with Gasteiger partial charge in [-0.1, -0.05) is 48.4 Å². The van der Waals surface area contributed by atoms with E-state index in [-0.39, 0.29) is 11.8 Å². The van der Waals surface area contributed by atoms with Gasteiger partial charge in [-0.05, 0) is 24.5 Å². The van der Waals surface area contributed by atoms with Gasteiger partial charge in [0.1, 0.15) is 5.75 Å². The number of benzene rings is 2. The van der Waals surface area contributed by atoms with Crippen molar-refractivity contribution in [3.63, 3.8) is 0 Å². The van der Waals surface area contributed by atoms with Gasteiger partial charge in [-0.15, -0.1) is 0 Å². The number of hydrogen-bond acceptors (Lipinski definition) is 3. The van der Waals surface area contributed by atoms with Gasteiger partial charge < -0.3 is 15.8 Å². The normalized spacial score (nSPS) is 11.8. The maximum Gasteiger partial charge on any atom is 0.255 e. The third-order valence-electron chi connectivity index (χ3n) is 3.78. The van der Waals surface area contributed by atoms with Crippen molar-refractivity contribution in [1.82, 2.24) is 5.32 Å². The predicted molar refractivity (Wildman–Crippen MR) is 94.3 cm³/mol. The summed E-state index contributed by atoms with van der Waals surface area (Å²) in [5, 5.41) is 3.25. The van der Waals surface area contributed by atoms with E-state index in [1.807, 2.05) is 6.92 Å². The zero-order valence-corrected chi connectivity index (χ0v) is 14.3. The lowest BCUT2D eigenvalue weighted by Crippen LogP contribution is -2.28. The Bertz CT molecular complexity index is 699. The number of hydrogen-bond donors (Lipinski definition) is 2. The Morgan fingerprint density at radius 2 is 1.96 bits per heavy atom. The molecule has 0 aliphatic heterocycles. The van der Waals surface area contributed by atoms with Crippen molar-refractivity contribution in [2.45, 2.75) is 19.8 Å². The van der Waals surface area contributed by atoms with Crippen LogP contribution in [0.3, 0.4) is 0 Å². The monoisotopic (exact) mass is 332 g/mol. The average Bonchev–Trinajstić information content (AvgIpc) is 2.55. The van der Waals surface area contributed by atoms with E-state index >= 15 is 0 Å². The van der Waals surface area contributed by atoms with Crippen molar-refractivity contribution < 1.29 is 9.53 Å². The molecule has 0 bridgehead atoms. The van der Waals surface area contributed by atoms with Crippen LogP contribution in [0.4, 0.5) is 5.69 Å². The molecule has 2 aromatic carbocycles. The van der Waals surface area contributed by atoms with Gasteiger partial charge in [-0.2, -0.15) is 0 Å². The smallest absolute Gasteiger partial charge is 0.255 e. The van der Waals surface area contributed by atoms with Crippen LogP contribution in [0.25, 0.3) is 0 Å². The van der Waals surface area contributed by atoms with Crippen molar-refractivity contribution in [3.8, 4) is 5.75 Å². The Morgan fingerprint density at radius 3 is 2.57 bits per heavy atom. The molecule has 0 radical (unpaired) electrons. The number of nitrogens with one attached hydrogen (secondary N) is 1. The Hall–Kier alpha value is -2.20. The predicted octanol–water partition coefficient (Wildman–Crippen LogP) is 3.77. The molecule has 0 saturated carbocycles. The van der Waals surface area contributed by atoms with Gasteiger partial charge in [0.15, 0.2) is 0 Å². The summed E-state index contributed by atoms with van der Waals surface area (Å²) in [5.74, 6) is 0.380. The Kier molecular flexibility index (Phi) is 5.50. The number of carbonyl (C=O) groups excluding carboxylic acids is 1. The third-order valence-corrected chi connectivity index (χ3v) is 4.11. The number of rotatable bonds is 5. The zero-order valence-electron chi connectivity index (χ0n) is 13.5. The molecule has 2 rings (SSSR count). The summed E-state index contributed by atoms with van der Waals surface area (Å²) in [4.78, 5) is 12.4. The molecule has 1 unspecified atom stereocenters. The first-order chi connectivity index (χ1) is 10.9. The molecule has 23 heavy (non-hydrogen) atoms. The van der Waals surface area contributed by atoms with E-state index in [4.69, 9.17) is 22.1 Å². The second-order valence-corrected chi connectivity index (χ2v) is 6.00. The van der Waals surface area contributed by atoms with Gasteiger partial charge in [0.25, 0.3) is 5.91 Å². The SMILES string of the molecule is COc1cc(N)c(Cl)cc1C(=O)NCC(C)c1ccc(C)cc1. The summed E-state index contributed by atoms with van der Waals surface area (Å²) in [6, 6.07) is 11.4. The molecule has 0 fully saturated rings. The van der Waals surface area contributed by atoms with Crippen LogP contribution < -0.4 is 15.8 Å². The van der Waals surface area contributed by atoms with E-state index in [1.165, 1.54) is 24.3 Å². The lowest BCUT2D eigenvalue weighted by molar-refractivity contribution is 0.0948. The molecule has 1 atom stereocenters. The van der Waals surface area contributed by atoms with Crippen LogP contribution in [-0.4, -0.2) is 19.6 Å². The number of halogens is 1. The summed E-state index contributed by atoms with van der Waals surface area (Å²) >= 11 is 6.00. The van der Waals surface area contributed by atoms with Crippen LogP contribution in [0.1, 0.15) is 34.3 Å². The topological polar surface area (TPSA) is 64.3 Å². The van der Waals surface area contributed by atoms with Gasteiger partial charge in [-0.3, -0.25) is 4.79 Å². The number of ether oxygens (including phenoxy) is 1. The Labute approximate surface area is 141 Å². The van der Waals surface area contributed by atoms with Crippen LogP contribution in [-0.2, 0) is 0 Å². The summed E-state index contributed by atoms with van der Waals surface area (Å²) in [6.07, 6.45) is 0. The molecule has 3 N–H and O–H groups in total. The zero-order chi connectivity index (χ0) is 17.0. The summed E-state index contributed by atoms with van der Waals surface area (Å²) in [6.45, 7) is 4.64. The Morgan fingerprint density at radius 1 is 1.30 bits per heavy atom. The standard InChI is InChI=1S/C18H21ClN2O2/c1-11-4-6-13(7-5-11)12(2)10-21-18(22)14-8-15(19)16(20)9-17(14)23-3/h4-9,12H,10,20H2,1-3H3,(H,21,22). The van der Waals surface area contributed by atoms with Crippen LogP contribution in [0.5, 0.6) is 5.75 Å². The highest BCUT2D eigenvalue weighted by Gasteiger charge is 2.16. The second-order valence-electron chi connectivity index (χ2n) is 5.60. The molecule has 122 valence electrons. The number of nitrogens with two attached hydrogens (primary N) is 1. The highest BCUT2D eigenvalue weighted by molar-refractivity contribution is 6.33. The van der Waals surface area contributed by atoms with Crippen LogP contribution in [0.2, 0.25) is 5.02 Å². The van der Waals surface area contributed by atoms with E-state index in [0.29, 0.717) is 28.6 Å². The van der Waals surface area contributed by atoms with Crippen LogP contribution in [0.15, 0.2) is 36.4 Å². The summed E-state index contributed by atoms with van der Waals surface area (Å²) in [7, 11) is 1.49. The minimum absolute atomic E-state index is 0.204. The first-order valence-electron chi connectivity index (χ1n) is 7.40. The number of carbonyl (C=O) groups is 1. The number of amides is 1. The van der Waals surface area contributed by atoms with E-state index in [0.717, 1.165) is 0 Å². The number of methoxy groups -OCH3 is 1. The van der Waals surface area contributed by atoms with Crippen molar-refractivity contribution >= 4 is 23.2 Å². The number of nitrogen functional groups attached to an aromatic ring is 1. The minimum Gasteiger partial charge on any atom is -0.496 e. The fourth-order valence-electron chi connectivity index (χ4n) is 2.27. The van der Waals surface area contributed by atoms with Crippen molar-refractivity contribution in [1.29, 1.82) is 0 Å². The van der Waals surface area contributed by atoms with Crippen LogP contribution in [0, 0.1) is 6.92 Å². The molecule has 0 heterocycles. The molecule has 0 aromatic heterocycles. The van der Waals surface area contributed by atoms with Gasteiger partial charge in [0, 0.05) is 12.6 Å². The molecule has 4 nitrogen and oxygen atoms in total. The lowest BCUT2D eigenvalue weighted by atomic mass is 10.00. The van der Waals surface area contributed by atoms with Crippen molar-refractivity contribution in [2.24, 2.45) is 0 Å². The first-order valence-corrected chi connectivity index (χ1v) is 7.78.